The van der Waals surface area contributed by atoms with E-state index in [9.17, 15) is 18.0 Å². The second-order valence-corrected chi connectivity index (χ2v) is 10.2. The number of aromatic nitrogens is 1. The van der Waals surface area contributed by atoms with Crippen molar-refractivity contribution in [1.82, 2.24) is 14.6 Å². The van der Waals surface area contributed by atoms with Crippen molar-refractivity contribution < 1.29 is 13.2 Å². The fraction of sp³-hybridized carbons (Fsp3) is 0.333. The molecule has 0 spiro atoms. The Labute approximate surface area is 187 Å². The molecule has 8 heteroatoms. The van der Waals surface area contributed by atoms with Gasteiger partial charge in [-0.25, -0.2) is 8.42 Å². The molecule has 2 aromatic carbocycles. The van der Waals surface area contributed by atoms with Crippen LogP contribution in [0.3, 0.4) is 0 Å². The molecule has 168 valence electrons. The molecule has 2 heterocycles. The normalized spacial score (nSPS) is 17.3. The van der Waals surface area contributed by atoms with E-state index in [4.69, 9.17) is 0 Å². The van der Waals surface area contributed by atoms with Crippen molar-refractivity contribution in [1.29, 1.82) is 0 Å². The van der Waals surface area contributed by atoms with Crippen molar-refractivity contribution in [3.63, 3.8) is 0 Å². The standard InChI is InChI=1S/C24H27N3O4S/c1-17-4-6-18(7-5-17)12-13-25-24(29)20-3-2-14-27(16-20)32(30,31)21-9-10-22-19(15-21)8-11-23(28)26-22/h4-11,15,20H,2-3,12-14,16H2,1H3,(H,25,29)(H,26,28)/t20-/m1/s1. The van der Waals surface area contributed by atoms with E-state index in [1.165, 1.54) is 22.0 Å². The Balaban J connectivity index is 1.41. The largest absolute Gasteiger partial charge is 0.355 e. The summed E-state index contributed by atoms with van der Waals surface area (Å²) < 4.78 is 27.8. The molecule has 1 fully saturated rings. The quantitative estimate of drug-likeness (QED) is 0.599. The lowest BCUT2D eigenvalue weighted by atomic mass is 9.98. The van der Waals surface area contributed by atoms with Gasteiger partial charge in [-0.2, -0.15) is 4.31 Å². The molecule has 2 N–H and O–H groups in total. The molecule has 4 rings (SSSR count). The van der Waals surface area contributed by atoms with E-state index >= 15 is 0 Å². The molecule has 1 aliphatic rings. The Morgan fingerprint density at radius 1 is 1.12 bits per heavy atom. The van der Waals surface area contributed by atoms with Crippen LogP contribution in [0.15, 0.2) is 64.3 Å². The van der Waals surface area contributed by atoms with Crippen LogP contribution in [-0.4, -0.2) is 43.2 Å². The molecule has 0 unspecified atom stereocenters. The van der Waals surface area contributed by atoms with Crippen LogP contribution in [-0.2, 0) is 21.2 Å². The van der Waals surface area contributed by atoms with Crippen molar-refractivity contribution >= 4 is 26.8 Å². The van der Waals surface area contributed by atoms with Crippen LogP contribution >= 0.6 is 0 Å². The van der Waals surface area contributed by atoms with Gasteiger partial charge in [0.25, 0.3) is 0 Å². The number of hydrogen-bond acceptors (Lipinski definition) is 4. The Morgan fingerprint density at radius 2 is 1.91 bits per heavy atom. The first-order valence-corrected chi connectivity index (χ1v) is 12.2. The number of rotatable bonds is 6. The maximum atomic E-state index is 13.2. The second kappa shape index (κ2) is 9.26. The third-order valence-electron chi connectivity index (χ3n) is 5.92. The molecule has 0 saturated carbocycles. The molecule has 0 aliphatic carbocycles. The van der Waals surface area contributed by atoms with Crippen LogP contribution in [0.5, 0.6) is 0 Å². The number of pyridine rings is 1. The van der Waals surface area contributed by atoms with Crippen LogP contribution in [0.4, 0.5) is 0 Å². The molecule has 0 bridgehead atoms. The first-order valence-electron chi connectivity index (χ1n) is 10.8. The van der Waals surface area contributed by atoms with Crippen LogP contribution < -0.4 is 10.9 Å². The van der Waals surface area contributed by atoms with E-state index in [1.54, 1.807) is 18.2 Å². The Hall–Kier alpha value is -2.97. The summed E-state index contributed by atoms with van der Waals surface area (Å²) in [5.41, 5.74) is 2.70. The number of amides is 1. The zero-order valence-electron chi connectivity index (χ0n) is 18.0. The monoisotopic (exact) mass is 453 g/mol. The first-order chi connectivity index (χ1) is 15.3. The predicted octanol–water partition coefficient (Wildman–Crippen LogP) is 2.60. The fourth-order valence-electron chi connectivity index (χ4n) is 4.05. The lowest BCUT2D eigenvalue weighted by Gasteiger charge is -2.31. The summed E-state index contributed by atoms with van der Waals surface area (Å²) in [6, 6.07) is 15.8. The molecule has 1 aliphatic heterocycles. The highest BCUT2D eigenvalue weighted by Gasteiger charge is 2.33. The molecule has 0 radical (unpaired) electrons. The summed E-state index contributed by atoms with van der Waals surface area (Å²) in [4.78, 5) is 27.0. The summed E-state index contributed by atoms with van der Waals surface area (Å²) in [5, 5.41) is 3.61. The number of fused-ring (bicyclic) bond motifs is 1. The van der Waals surface area contributed by atoms with Gasteiger partial charge in [0, 0.05) is 31.2 Å². The number of aryl methyl sites for hydroxylation is 1. The summed E-state index contributed by atoms with van der Waals surface area (Å²) in [7, 11) is -3.74. The van der Waals surface area contributed by atoms with Gasteiger partial charge in [-0.05, 0) is 61.4 Å². The third-order valence-corrected chi connectivity index (χ3v) is 7.78. The summed E-state index contributed by atoms with van der Waals surface area (Å²) in [6.45, 7) is 3.11. The molecule has 7 nitrogen and oxygen atoms in total. The average molecular weight is 454 g/mol. The van der Waals surface area contributed by atoms with Gasteiger partial charge in [0.1, 0.15) is 0 Å². The van der Waals surface area contributed by atoms with E-state index < -0.39 is 10.0 Å². The average Bonchev–Trinajstić information content (AvgIpc) is 2.80. The molecule has 1 aromatic heterocycles. The van der Waals surface area contributed by atoms with Gasteiger partial charge < -0.3 is 10.3 Å². The van der Waals surface area contributed by atoms with Crippen LogP contribution in [0.25, 0.3) is 10.9 Å². The molecule has 1 amide bonds. The molecule has 32 heavy (non-hydrogen) atoms. The highest BCUT2D eigenvalue weighted by molar-refractivity contribution is 7.89. The minimum Gasteiger partial charge on any atom is -0.355 e. The highest BCUT2D eigenvalue weighted by atomic mass is 32.2. The minimum atomic E-state index is -3.74. The van der Waals surface area contributed by atoms with Gasteiger partial charge in [-0.3, -0.25) is 9.59 Å². The van der Waals surface area contributed by atoms with E-state index in [2.05, 4.69) is 22.4 Å². The van der Waals surface area contributed by atoms with Crippen molar-refractivity contribution in [2.24, 2.45) is 5.92 Å². The van der Waals surface area contributed by atoms with Gasteiger partial charge >= 0.3 is 0 Å². The topological polar surface area (TPSA) is 99.3 Å². The van der Waals surface area contributed by atoms with E-state index in [-0.39, 0.29) is 28.8 Å². The van der Waals surface area contributed by atoms with E-state index in [0.717, 1.165) is 12.0 Å². The zero-order chi connectivity index (χ0) is 22.7. The van der Waals surface area contributed by atoms with Crippen molar-refractivity contribution in [3.8, 4) is 0 Å². The number of aromatic amines is 1. The fourth-order valence-corrected chi connectivity index (χ4v) is 5.61. The Morgan fingerprint density at radius 3 is 2.69 bits per heavy atom. The van der Waals surface area contributed by atoms with Crippen LogP contribution in [0, 0.1) is 12.8 Å². The third kappa shape index (κ3) is 4.92. The van der Waals surface area contributed by atoms with E-state index in [1.807, 2.05) is 19.1 Å². The number of nitrogens with one attached hydrogen (secondary N) is 2. The molecule has 1 atom stereocenters. The summed E-state index contributed by atoms with van der Waals surface area (Å²) in [5.74, 6) is -0.471. The van der Waals surface area contributed by atoms with Gasteiger partial charge in [0.15, 0.2) is 0 Å². The Kier molecular flexibility index (Phi) is 6.43. The predicted molar refractivity (Wildman–Crippen MR) is 124 cm³/mol. The van der Waals surface area contributed by atoms with Gasteiger partial charge in [0.05, 0.1) is 10.8 Å². The summed E-state index contributed by atoms with van der Waals surface area (Å²) >= 11 is 0. The SMILES string of the molecule is Cc1ccc(CCNC(=O)[C@@H]2CCCN(S(=O)(=O)c3ccc4[nH]c(=O)ccc4c3)C2)cc1. The molecule has 1 saturated heterocycles. The van der Waals surface area contributed by atoms with Crippen molar-refractivity contribution in [2.45, 2.75) is 31.1 Å². The number of H-pyrrole nitrogens is 1. The maximum Gasteiger partial charge on any atom is 0.248 e. The number of nitrogens with zero attached hydrogens (tertiary/aromatic N) is 1. The van der Waals surface area contributed by atoms with Gasteiger partial charge in [0.2, 0.25) is 21.5 Å². The second-order valence-electron chi connectivity index (χ2n) is 8.30. The zero-order valence-corrected chi connectivity index (χ0v) is 18.8. The number of hydrogen-bond donors (Lipinski definition) is 2. The smallest absolute Gasteiger partial charge is 0.248 e. The number of benzene rings is 2. The minimum absolute atomic E-state index is 0.104. The number of carbonyl (C=O) groups is 1. The van der Waals surface area contributed by atoms with Crippen molar-refractivity contribution in [3.05, 3.63) is 76.1 Å². The number of piperidine rings is 1. The van der Waals surface area contributed by atoms with E-state index in [0.29, 0.717) is 36.8 Å². The van der Waals surface area contributed by atoms with Crippen molar-refractivity contribution in [2.75, 3.05) is 19.6 Å². The van der Waals surface area contributed by atoms with Crippen LogP contribution in [0.1, 0.15) is 24.0 Å². The lowest BCUT2D eigenvalue weighted by Crippen LogP contribution is -2.45. The maximum absolute atomic E-state index is 13.2. The first kappa shape index (κ1) is 22.2. The summed E-state index contributed by atoms with van der Waals surface area (Å²) in [6.07, 6.45) is 2.04. The van der Waals surface area contributed by atoms with Gasteiger partial charge in [-0.1, -0.05) is 29.8 Å². The number of sulfonamides is 1. The molecule has 3 aromatic rings. The molecular formula is C24H27N3O4S. The van der Waals surface area contributed by atoms with Gasteiger partial charge in [-0.15, -0.1) is 0 Å². The van der Waals surface area contributed by atoms with Crippen LogP contribution in [0.2, 0.25) is 0 Å². The highest BCUT2D eigenvalue weighted by Crippen LogP contribution is 2.25. The molecular weight excluding hydrogens is 426 g/mol. The Bertz CT molecular complexity index is 1280. The lowest BCUT2D eigenvalue weighted by molar-refractivity contribution is -0.126. The number of carbonyl (C=O) groups excluding carboxylic acids is 1.